The Hall–Kier alpha value is -5.74. The largest absolute Gasteiger partial charge is 0.496 e. The van der Waals surface area contributed by atoms with Gasteiger partial charge in [-0.15, -0.1) is 0 Å². The molecule has 6 amide bonds. The molecule has 3 atom stereocenters. The second kappa shape index (κ2) is 17.6. The van der Waals surface area contributed by atoms with Crippen LogP contribution in [0.3, 0.4) is 0 Å². The van der Waals surface area contributed by atoms with Crippen molar-refractivity contribution in [1.82, 2.24) is 34.8 Å². The summed E-state index contributed by atoms with van der Waals surface area (Å²) >= 11 is 0. The van der Waals surface area contributed by atoms with E-state index in [0.717, 1.165) is 96.3 Å². The van der Waals surface area contributed by atoms with Gasteiger partial charge in [0, 0.05) is 94.9 Å². The molecular formula is C46H58N8O8. The van der Waals surface area contributed by atoms with Crippen LogP contribution in [0.15, 0.2) is 41.3 Å². The van der Waals surface area contributed by atoms with Crippen LogP contribution in [0.1, 0.15) is 83.4 Å². The molecule has 3 saturated heterocycles. The molecule has 16 heteroatoms. The van der Waals surface area contributed by atoms with Gasteiger partial charge in [-0.3, -0.25) is 39.1 Å². The number of pyridine rings is 1. The minimum atomic E-state index is -0.975. The molecule has 8 rings (SSSR count). The number of nitrogens with one attached hydrogen (secondary N) is 2. The van der Waals surface area contributed by atoms with Gasteiger partial charge in [-0.25, -0.2) is 4.79 Å². The topological polar surface area (TPSA) is 166 Å². The summed E-state index contributed by atoms with van der Waals surface area (Å²) in [6.07, 6.45) is 5.83. The molecule has 2 N–H and O–H groups in total. The second-order valence-corrected chi connectivity index (χ2v) is 17.5. The average molecular weight is 851 g/mol. The Labute approximate surface area is 362 Å². The fourth-order valence-electron chi connectivity index (χ4n) is 10.3. The highest BCUT2D eigenvalue weighted by atomic mass is 16.5. The number of nitrogens with zero attached hydrogens (tertiary/aromatic N) is 6. The standard InChI is InChI=1S/C46H58N8O8/c1-27-22-50(15-11-29-12-16-51(17-13-29)31-7-8-33-34(21-31)45(59)54(44(33)58)38-9-10-41(55)48-42(38)56)23-28(2)53(27)26-37-39(61-5)19-30(20-40(37)62-6)35-24-49(4)43(57)36-25-52(46(60)47-3)18-14-32(35)36/h7-8,19-21,24,27-29,38H,9-18,22-23,25-26H2,1-6H3,(H,47,60)(H,48,55,56)/t27-,28+,38?. The number of piperidine rings is 2. The summed E-state index contributed by atoms with van der Waals surface area (Å²) in [4.78, 5) is 86.5. The van der Waals surface area contributed by atoms with Crippen molar-refractivity contribution in [3.8, 4) is 22.6 Å². The van der Waals surface area contributed by atoms with E-state index in [1.807, 2.05) is 24.4 Å². The van der Waals surface area contributed by atoms with Gasteiger partial charge in [0.05, 0.1) is 37.5 Å². The van der Waals surface area contributed by atoms with Crippen LogP contribution in [0.25, 0.3) is 11.1 Å². The van der Waals surface area contributed by atoms with Crippen molar-refractivity contribution in [2.24, 2.45) is 13.0 Å². The lowest BCUT2D eigenvalue weighted by Gasteiger charge is -2.45. The fraction of sp³-hybridized carbons (Fsp3) is 0.522. The number of piperazine rings is 1. The first-order valence-corrected chi connectivity index (χ1v) is 21.8. The van der Waals surface area contributed by atoms with Gasteiger partial charge in [-0.1, -0.05) is 0 Å². The number of hydrogen-bond acceptors (Lipinski definition) is 11. The summed E-state index contributed by atoms with van der Waals surface area (Å²) < 4.78 is 13.7. The number of rotatable bonds is 10. The number of aromatic nitrogens is 1. The molecule has 1 unspecified atom stereocenters. The van der Waals surface area contributed by atoms with E-state index in [0.29, 0.717) is 42.1 Å². The number of carbonyl (C=O) groups is 5. The van der Waals surface area contributed by atoms with Gasteiger partial charge in [0.15, 0.2) is 0 Å². The predicted octanol–water partition coefficient (Wildman–Crippen LogP) is 3.37. The Bertz CT molecular complexity index is 2320. The smallest absolute Gasteiger partial charge is 0.317 e. The first-order valence-electron chi connectivity index (χ1n) is 21.8. The van der Waals surface area contributed by atoms with Gasteiger partial charge in [0.1, 0.15) is 17.5 Å². The van der Waals surface area contributed by atoms with E-state index >= 15 is 0 Å². The number of methoxy groups -OCH3 is 2. The van der Waals surface area contributed by atoms with E-state index in [2.05, 4.69) is 39.2 Å². The first-order chi connectivity index (χ1) is 29.8. The lowest BCUT2D eigenvalue weighted by molar-refractivity contribution is -0.136. The average Bonchev–Trinajstić information content (AvgIpc) is 3.52. The molecule has 0 aliphatic carbocycles. The minimum absolute atomic E-state index is 0.0907. The van der Waals surface area contributed by atoms with Crippen molar-refractivity contribution < 1.29 is 33.4 Å². The summed E-state index contributed by atoms with van der Waals surface area (Å²) in [5, 5.41) is 4.93. The summed E-state index contributed by atoms with van der Waals surface area (Å²) in [6.45, 7) is 10.6. The zero-order chi connectivity index (χ0) is 44.0. The number of imide groups is 2. The van der Waals surface area contributed by atoms with Crippen LogP contribution in [0.5, 0.6) is 11.5 Å². The van der Waals surface area contributed by atoms with E-state index in [4.69, 9.17) is 9.47 Å². The summed E-state index contributed by atoms with van der Waals surface area (Å²) in [7, 11) is 6.71. The van der Waals surface area contributed by atoms with E-state index in [1.165, 1.54) is 0 Å². The van der Waals surface area contributed by atoms with Crippen molar-refractivity contribution in [2.45, 2.75) is 83.6 Å². The number of hydrogen-bond donors (Lipinski definition) is 2. The Morgan fingerprint density at radius 2 is 1.52 bits per heavy atom. The highest BCUT2D eigenvalue weighted by molar-refractivity contribution is 6.23. The highest BCUT2D eigenvalue weighted by Gasteiger charge is 2.45. The molecule has 0 bridgehead atoms. The van der Waals surface area contributed by atoms with Crippen molar-refractivity contribution in [2.75, 3.05) is 65.4 Å². The molecule has 6 heterocycles. The van der Waals surface area contributed by atoms with E-state index < -0.39 is 29.7 Å². The number of ether oxygens (including phenoxy) is 2. The fourth-order valence-corrected chi connectivity index (χ4v) is 10.3. The van der Waals surface area contributed by atoms with Gasteiger partial charge in [0.25, 0.3) is 17.4 Å². The maximum absolute atomic E-state index is 13.4. The molecule has 0 spiro atoms. The lowest BCUT2D eigenvalue weighted by atomic mass is 9.91. The van der Waals surface area contributed by atoms with Crippen LogP contribution < -0.4 is 30.6 Å². The van der Waals surface area contributed by atoms with Crippen molar-refractivity contribution >= 4 is 35.3 Å². The van der Waals surface area contributed by atoms with Crippen LogP contribution >= 0.6 is 0 Å². The van der Waals surface area contributed by atoms with Crippen molar-refractivity contribution in [1.29, 1.82) is 0 Å². The normalized spacial score (nSPS) is 22.4. The molecule has 5 aliphatic rings. The number of aryl methyl sites for hydroxylation is 1. The molecule has 16 nitrogen and oxygen atoms in total. The van der Waals surface area contributed by atoms with Gasteiger partial charge >= 0.3 is 6.03 Å². The quantitative estimate of drug-likeness (QED) is 0.288. The van der Waals surface area contributed by atoms with Gasteiger partial charge in [-0.05, 0) is 99.9 Å². The zero-order valence-corrected chi connectivity index (χ0v) is 36.6. The first kappa shape index (κ1) is 42.9. The number of amides is 6. The minimum Gasteiger partial charge on any atom is -0.496 e. The van der Waals surface area contributed by atoms with Gasteiger partial charge in [-0.2, -0.15) is 0 Å². The SMILES string of the molecule is CNC(=O)N1CCc2c(-c3cc(OC)c(CN4[C@H](C)CN(CCC5CCN(c6ccc7c(c6)C(=O)N(C6CCC(=O)NC6=O)C7=O)CC5)C[C@@H]4C)c(OC)c3)cn(C)c(=O)c2C1. The summed E-state index contributed by atoms with van der Waals surface area (Å²) in [6, 6.07) is 8.86. The van der Waals surface area contributed by atoms with Crippen molar-refractivity contribution in [3.63, 3.8) is 0 Å². The summed E-state index contributed by atoms with van der Waals surface area (Å²) in [5.41, 5.74) is 5.80. The Balaban J connectivity index is 0.871. The predicted molar refractivity (Wildman–Crippen MR) is 232 cm³/mol. The number of carbonyl (C=O) groups excluding carboxylic acids is 5. The molecule has 5 aliphatic heterocycles. The molecule has 1 aromatic heterocycles. The number of benzene rings is 2. The third-order valence-electron chi connectivity index (χ3n) is 13.8. The molecular weight excluding hydrogens is 793 g/mol. The van der Waals surface area contributed by atoms with Crippen LogP contribution in [-0.4, -0.2) is 132 Å². The van der Waals surface area contributed by atoms with E-state index in [9.17, 15) is 28.8 Å². The second-order valence-electron chi connectivity index (χ2n) is 17.5. The van der Waals surface area contributed by atoms with Crippen LogP contribution in [0, 0.1) is 5.92 Å². The summed E-state index contributed by atoms with van der Waals surface area (Å²) in [5.74, 6) is 0.0710. The van der Waals surface area contributed by atoms with Gasteiger partial charge < -0.3 is 34.1 Å². The maximum atomic E-state index is 13.4. The zero-order valence-electron chi connectivity index (χ0n) is 36.6. The molecule has 330 valence electrons. The Morgan fingerprint density at radius 3 is 2.16 bits per heavy atom. The number of urea groups is 1. The highest BCUT2D eigenvalue weighted by Crippen LogP contribution is 2.40. The maximum Gasteiger partial charge on any atom is 0.317 e. The Kier molecular flexibility index (Phi) is 12.2. The molecule has 3 aromatic rings. The lowest BCUT2D eigenvalue weighted by Crippen LogP contribution is -2.56. The third-order valence-corrected chi connectivity index (χ3v) is 13.8. The molecule has 0 saturated carbocycles. The molecule has 3 fully saturated rings. The number of fused-ring (bicyclic) bond motifs is 2. The van der Waals surface area contributed by atoms with Gasteiger partial charge in [0.2, 0.25) is 11.8 Å². The van der Waals surface area contributed by atoms with E-state index in [1.54, 1.807) is 49.9 Å². The van der Waals surface area contributed by atoms with Crippen LogP contribution in [0.2, 0.25) is 0 Å². The van der Waals surface area contributed by atoms with E-state index in [-0.39, 0.29) is 43.1 Å². The molecule has 0 radical (unpaired) electrons. The Morgan fingerprint density at radius 1 is 0.839 bits per heavy atom. The van der Waals surface area contributed by atoms with Crippen LogP contribution in [-0.2, 0) is 36.1 Å². The molecule has 2 aromatic carbocycles. The number of anilines is 1. The molecule has 62 heavy (non-hydrogen) atoms. The van der Waals surface area contributed by atoms with Crippen LogP contribution in [0.4, 0.5) is 10.5 Å². The monoisotopic (exact) mass is 850 g/mol. The third kappa shape index (κ3) is 8.05. The van der Waals surface area contributed by atoms with Crippen molar-refractivity contribution in [3.05, 3.63) is 74.7 Å².